The van der Waals surface area contributed by atoms with E-state index in [0.29, 0.717) is 37.1 Å². The smallest absolute Gasteiger partial charge is 0.228 e. The van der Waals surface area contributed by atoms with Crippen LogP contribution in [0.4, 0.5) is 20.5 Å². The second kappa shape index (κ2) is 10.0. The molecule has 2 aromatic carbocycles. The molecule has 35 heavy (non-hydrogen) atoms. The summed E-state index contributed by atoms with van der Waals surface area (Å²) in [6.45, 7) is 1.63. The zero-order valence-electron chi connectivity index (χ0n) is 19.2. The van der Waals surface area contributed by atoms with Crippen molar-refractivity contribution in [3.63, 3.8) is 0 Å². The maximum atomic E-state index is 15.1. The Morgan fingerprint density at radius 2 is 1.86 bits per heavy atom. The van der Waals surface area contributed by atoms with Crippen molar-refractivity contribution in [2.75, 3.05) is 51.0 Å². The lowest BCUT2D eigenvalue weighted by Crippen LogP contribution is -2.49. The maximum absolute atomic E-state index is 15.1. The maximum Gasteiger partial charge on any atom is 0.228 e. The van der Waals surface area contributed by atoms with Crippen molar-refractivity contribution in [3.05, 3.63) is 46.5 Å². The Morgan fingerprint density at radius 1 is 1.14 bits per heavy atom. The molecule has 0 aliphatic carbocycles. The summed E-state index contributed by atoms with van der Waals surface area (Å²) >= 11 is 5.82. The quantitative estimate of drug-likeness (QED) is 0.523. The zero-order valence-corrected chi connectivity index (χ0v) is 20.0. The summed E-state index contributed by atoms with van der Waals surface area (Å²) in [5, 5.41) is 0.272. The number of methoxy groups -OCH3 is 2. The lowest BCUT2D eigenvalue weighted by atomic mass is 10.0. The van der Waals surface area contributed by atoms with Crippen LogP contribution in [-0.2, 0) is 4.79 Å². The molecular formula is C23H25ClF2N6O3. The monoisotopic (exact) mass is 506 g/mol. The Balaban J connectivity index is 1.46. The van der Waals surface area contributed by atoms with Gasteiger partial charge >= 0.3 is 0 Å². The van der Waals surface area contributed by atoms with Crippen LogP contribution in [0.1, 0.15) is 18.0 Å². The molecule has 1 saturated heterocycles. The summed E-state index contributed by atoms with van der Waals surface area (Å²) < 4.78 is 38.7. The third-order valence-corrected chi connectivity index (χ3v) is 6.27. The molecule has 0 bridgehead atoms. The number of amides is 1. The largest absolute Gasteiger partial charge is 0.493 e. The minimum Gasteiger partial charge on any atom is -0.493 e. The average molecular weight is 507 g/mol. The lowest BCUT2D eigenvalue weighted by Gasteiger charge is -2.35. The Bertz CT molecular complexity index is 1270. The number of ether oxygens (including phenoxy) is 2. The number of carbonyl (C=O) groups excluding carboxylic acids is 1. The molecule has 1 atom stereocenters. The first-order valence-electron chi connectivity index (χ1n) is 10.8. The number of carbonyl (C=O) groups is 1. The summed E-state index contributed by atoms with van der Waals surface area (Å²) in [4.78, 5) is 25.0. The van der Waals surface area contributed by atoms with E-state index in [1.165, 1.54) is 38.5 Å². The van der Waals surface area contributed by atoms with E-state index in [9.17, 15) is 9.18 Å². The molecule has 2 heterocycles. The molecule has 4 rings (SSSR count). The Labute approximate surface area is 205 Å². The second-order valence-corrected chi connectivity index (χ2v) is 8.49. The van der Waals surface area contributed by atoms with Crippen LogP contribution in [0.3, 0.4) is 0 Å². The van der Waals surface area contributed by atoms with E-state index in [-0.39, 0.29) is 46.1 Å². The summed E-state index contributed by atoms with van der Waals surface area (Å²) in [6.07, 6.45) is 0.0498. The van der Waals surface area contributed by atoms with Gasteiger partial charge in [0.1, 0.15) is 17.2 Å². The van der Waals surface area contributed by atoms with E-state index in [2.05, 4.69) is 9.97 Å². The topological polar surface area (TPSA) is 120 Å². The summed E-state index contributed by atoms with van der Waals surface area (Å²) in [7, 11) is 2.74. The predicted molar refractivity (Wildman–Crippen MR) is 129 cm³/mol. The molecule has 0 radical (unpaired) electrons. The first kappa shape index (κ1) is 24.7. The predicted octanol–water partition coefficient (Wildman–Crippen LogP) is 2.90. The van der Waals surface area contributed by atoms with Crippen LogP contribution >= 0.6 is 11.6 Å². The van der Waals surface area contributed by atoms with Gasteiger partial charge in [0.2, 0.25) is 11.9 Å². The average Bonchev–Trinajstić information content (AvgIpc) is 2.85. The van der Waals surface area contributed by atoms with Crippen molar-refractivity contribution in [1.29, 1.82) is 0 Å². The highest BCUT2D eigenvalue weighted by Gasteiger charge is 2.26. The highest BCUT2D eigenvalue weighted by molar-refractivity contribution is 6.30. The van der Waals surface area contributed by atoms with E-state index in [0.717, 1.165) is 0 Å². The van der Waals surface area contributed by atoms with Crippen LogP contribution < -0.4 is 25.8 Å². The van der Waals surface area contributed by atoms with Gasteiger partial charge in [-0.1, -0.05) is 17.7 Å². The highest BCUT2D eigenvalue weighted by atomic mass is 35.5. The Morgan fingerprint density at radius 3 is 2.49 bits per heavy atom. The van der Waals surface area contributed by atoms with Gasteiger partial charge in [-0.05, 0) is 23.8 Å². The fourth-order valence-corrected chi connectivity index (χ4v) is 4.20. The lowest BCUT2D eigenvalue weighted by molar-refractivity contribution is -0.131. The van der Waals surface area contributed by atoms with Crippen molar-refractivity contribution in [1.82, 2.24) is 14.9 Å². The molecule has 9 nitrogen and oxygen atoms in total. The summed E-state index contributed by atoms with van der Waals surface area (Å²) in [5.41, 5.74) is 12.8. The molecular weight excluding hydrogens is 482 g/mol. The normalized spacial score (nSPS) is 14.8. The minimum atomic E-state index is -0.694. The number of piperazine rings is 1. The summed E-state index contributed by atoms with van der Waals surface area (Å²) in [5.74, 6) is -0.899. The van der Waals surface area contributed by atoms with E-state index in [4.69, 9.17) is 32.5 Å². The molecule has 1 unspecified atom stereocenters. The number of halogens is 3. The molecule has 186 valence electrons. The third kappa shape index (κ3) is 4.87. The van der Waals surface area contributed by atoms with E-state index < -0.39 is 17.7 Å². The number of anilines is 2. The zero-order chi connectivity index (χ0) is 25.3. The SMILES string of the molecule is COc1cc2c(N)nc(N3CCN(C(=O)CC(N)c4ccc(F)c(Cl)c4)CC3)nc2c(F)c1OC. The Kier molecular flexibility index (Phi) is 7.08. The van der Waals surface area contributed by atoms with Gasteiger partial charge in [0.05, 0.1) is 19.2 Å². The van der Waals surface area contributed by atoms with Crippen LogP contribution in [0.5, 0.6) is 11.5 Å². The molecule has 0 saturated carbocycles. The molecule has 1 aliphatic rings. The van der Waals surface area contributed by atoms with Crippen LogP contribution in [0.15, 0.2) is 24.3 Å². The molecule has 1 amide bonds. The first-order chi connectivity index (χ1) is 16.7. The van der Waals surface area contributed by atoms with Crippen molar-refractivity contribution in [3.8, 4) is 11.5 Å². The van der Waals surface area contributed by atoms with Crippen LogP contribution in [-0.4, -0.2) is 61.2 Å². The van der Waals surface area contributed by atoms with Crippen molar-refractivity contribution >= 4 is 40.2 Å². The number of benzene rings is 2. The molecule has 1 aliphatic heterocycles. The fraction of sp³-hybridized carbons (Fsp3) is 0.348. The number of fused-ring (bicyclic) bond motifs is 1. The van der Waals surface area contributed by atoms with Crippen LogP contribution in [0, 0.1) is 11.6 Å². The second-order valence-electron chi connectivity index (χ2n) is 8.08. The van der Waals surface area contributed by atoms with Crippen LogP contribution in [0.2, 0.25) is 5.02 Å². The third-order valence-electron chi connectivity index (χ3n) is 5.98. The standard InChI is InChI=1S/C23H25ClF2N6O3/c1-34-17-10-13-20(19(26)21(17)35-2)29-23(30-22(13)28)32-7-5-31(6-8-32)18(33)11-16(27)12-3-4-15(25)14(24)9-12/h3-4,9-10,16H,5-8,11,27H2,1-2H3,(H2,28,29,30). The molecule has 12 heteroatoms. The number of hydrogen-bond donors (Lipinski definition) is 2. The van der Waals surface area contributed by atoms with Gasteiger partial charge in [-0.3, -0.25) is 4.79 Å². The molecule has 3 aromatic rings. The minimum absolute atomic E-state index is 0.0209. The van der Waals surface area contributed by atoms with E-state index in [1.54, 1.807) is 4.90 Å². The van der Waals surface area contributed by atoms with Crippen LogP contribution in [0.25, 0.3) is 10.9 Å². The molecule has 4 N–H and O–H groups in total. The number of nitrogens with zero attached hydrogens (tertiary/aromatic N) is 4. The molecule has 1 fully saturated rings. The Hall–Kier alpha value is -3.44. The number of hydrogen-bond acceptors (Lipinski definition) is 8. The number of nitrogen functional groups attached to an aromatic ring is 1. The van der Waals surface area contributed by atoms with Gasteiger partial charge < -0.3 is 30.7 Å². The first-order valence-corrected chi connectivity index (χ1v) is 11.2. The van der Waals surface area contributed by atoms with Gasteiger partial charge in [-0.25, -0.2) is 13.8 Å². The van der Waals surface area contributed by atoms with Gasteiger partial charge in [0, 0.05) is 44.0 Å². The molecule has 1 aromatic heterocycles. The van der Waals surface area contributed by atoms with Gasteiger partial charge in [0.15, 0.2) is 17.3 Å². The molecule has 0 spiro atoms. The van der Waals surface area contributed by atoms with Gasteiger partial charge in [-0.15, -0.1) is 0 Å². The number of rotatable bonds is 6. The van der Waals surface area contributed by atoms with Crippen molar-refractivity contribution in [2.45, 2.75) is 12.5 Å². The summed E-state index contributed by atoms with van der Waals surface area (Å²) in [6, 6.07) is 5.09. The van der Waals surface area contributed by atoms with E-state index >= 15 is 4.39 Å². The number of nitrogens with two attached hydrogens (primary N) is 2. The van der Waals surface area contributed by atoms with E-state index in [1.807, 2.05) is 4.90 Å². The number of aromatic nitrogens is 2. The van der Waals surface area contributed by atoms with Gasteiger partial charge in [0.25, 0.3) is 0 Å². The van der Waals surface area contributed by atoms with Gasteiger partial charge in [-0.2, -0.15) is 4.98 Å². The highest BCUT2D eigenvalue weighted by Crippen LogP contribution is 2.37. The van der Waals surface area contributed by atoms with Crippen molar-refractivity contribution in [2.24, 2.45) is 5.73 Å². The fourth-order valence-electron chi connectivity index (χ4n) is 4.01. The van der Waals surface area contributed by atoms with Crippen molar-refractivity contribution < 1.29 is 23.0 Å².